The van der Waals surface area contributed by atoms with Gasteiger partial charge in [-0.2, -0.15) is 0 Å². The summed E-state index contributed by atoms with van der Waals surface area (Å²) in [5.41, 5.74) is 2.40. The van der Waals surface area contributed by atoms with E-state index >= 15 is 0 Å². The van der Waals surface area contributed by atoms with Gasteiger partial charge >= 0.3 is 0 Å². The van der Waals surface area contributed by atoms with Crippen LogP contribution in [-0.2, 0) is 6.54 Å². The molecule has 1 aromatic heterocycles. The molecular weight excluding hydrogens is 379 g/mol. The maximum atomic E-state index is 13.8. The molecule has 0 unspecified atom stereocenters. The molecule has 0 atom stereocenters. The fourth-order valence-corrected chi connectivity index (χ4v) is 3.00. The maximum Gasteiger partial charge on any atom is 0.261 e. The molecule has 4 rings (SSSR count). The molecular formula is C24H19FN4O. The Hall–Kier alpha value is -4.06. The number of halogens is 1. The highest BCUT2D eigenvalue weighted by atomic mass is 19.1. The fraction of sp³-hybridized carbons (Fsp3) is 0.0417. The molecule has 0 spiro atoms. The van der Waals surface area contributed by atoms with Crippen LogP contribution in [0.25, 0.3) is 0 Å². The molecule has 0 saturated heterocycles. The van der Waals surface area contributed by atoms with Gasteiger partial charge in [0, 0.05) is 18.1 Å². The van der Waals surface area contributed by atoms with Crippen molar-refractivity contribution in [3.05, 3.63) is 114 Å². The van der Waals surface area contributed by atoms with Crippen LogP contribution in [0.5, 0.6) is 0 Å². The van der Waals surface area contributed by atoms with Crippen LogP contribution in [0.2, 0.25) is 0 Å². The maximum absolute atomic E-state index is 13.8. The average Bonchev–Trinajstić information content (AvgIpc) is 2.80. The van der Waals surface area contributed by atoms with Crippen LogP contribution in [0, 0.1) is 5.82 Å². The minimum absolute atomic E-state index is 0.214. The summed E-state index contributed by atoms with van der Waals surface area (Å²) in [4.78, 5) is 23.3. The van der Waals surface area contributed by atoms with E-state index < -0.39 is 5.82 Å². The van der Waals surface area contributed by atoms with Gasteiger partial charge in [-0.3, -0.25) is 4.79 Å². The Morgan fingerprint density at radius 3 is 2.10 bits per heavy atom. The van der Waals surface area contributed by atoms with Crippen molar-refractivity contribution in [2.75, 3.05) is 10.2 Å². The lowest BCUT2D eigenvalue weighted by molar-refractivity contribution is 0.0984. The normalized spacial score (nSPS) is 10.4. The van der Waals surface area contributed by atoms with Gasteiger partial charge in [0.1, 0.15) is 5.82 Å². The fourth-order valence-electron chi connectivity index (χ4n) is 3.00. The lowest BCUT2D eigenvalue weighted by Crippen LogP contribution is -2.30. The minimum Gasteiger partial charge on any atom is -0.322 e. The van der Waals surface area contributed by atoms with Crippen molar-refractivity contribution < 1.29 is 9.18 Å². The van der Waals surface area contributed by atoms with Crippen LogP contribution in [-0.4, -0.2) is 15.9 Å². The SMILES string of the molecule is O=C(c1cnc(Nc2ccccc2F)nc1)N(Cc1ccccc1)c1ccccc1. The zero-order valence-corrected chi connectivity index (χ0v) is 16.1. The third-order valence-corrected chi connectivity index (χ3v) is 4.52. The summed E-state index contributed by atoms with van der Waals surface area (Å²) in [6, 6.07) is 25.5. The number of hydrogen-bond acceptors (Lipinski definition) is 4. The number of hydrogen-bond donors (Lipinski definition) is 1. The van der Waals surface area contributed by atoms with Crippen molar-refractivity contribution in [1.29, 1.82) is 0 Å². The molecule has 3 aromatic carbocycles. The van der Waals surface area contributed by atoms with Crippen molar-refractivity contribution in [1.82, 2.24) is 9.97 Å². The van der Waals surface area contributed by atoms with Crippen LogP contribution >= 0.6 is 0 Å². The molecule has 5 nitrogen and oxygen atoms in total. The Kier molecular flexibility index (Phi) is 5.75. The van der Waals surface area contributed by atoms with Crippen molar-refractivity contribution in [3.8, 4) is 0 Å². The third-order valence-electron chi connectivity index (χ3n) is 4.52. The van der Waals surface area contributed by atoms with Crippen LogP contribution < -0.4 is 10.2 Å². The van der Waals surface area contributed by atoms with Gasteiger partial charge in [0.2, 0.25) is 5.95 Å². The van der Waals surface area contributed by atoms with E-state index in [9.17, 15) is 9.18 Å². The number of nitrogens with one attached hydrogen (secondary N) is 1. The number of benzene rings is 3. The summed E-state index contributed by atoms with van der Waals surface area (Å²) < 4.78 is 13.8. The van der Waals surface area contributed by atoms with Crippen molar-refractivity contribution >= 4 is 23.2 Å². The summed E-state index contributed by atoms with van der Waals surface area (Å²) in [6.07, 6.45) is 2.89. The van der Waals surface area contributed by atoms with E-state index in [4.69, 9.17) is 0 Å². The number of aromatic nitrogens is 2. The first kappa shape index (κ1) is 19.3. The Morgan fingerprint density at radius 2 is 1.43 bits per heavy atom. The van der Waals surface area contributed by atoms with E-state index in [-0.39, 0.29) is 17.5 Å². The van der Waals surface area contributed by atoms with E-state index in [1.54, 1.807) is 23.1 Å². The molecule has 1 N–H and O–H groups in total. The molecule has 0 aliphatic rings. The first-order chi connectivity index (χ1) is 14.7. The zero-order valence-electron chi connectivity index (χ0n) is 16.1. The standard InChI is InChI=1S/C24H19FN4O/c25-21-13-7-8-14-22(21)28-24-26-15-19(16-27-24)23(30)29(20-11-5-2-6-12-20)17-18-9-3-1-4-10-18/h1-16H,17H2,(H,26,27,28). The first-order valence-corrected chi connectivity index (χ1v) is 9.45. The first-order valence-electron chi connectivity index (χ1n) is 9.45. The summed E-state index contributed by atoms with van der Waals surface area (Å²) in [5, 5.41) is 2.82. The number of rotatable bonds is 6. The average molecular weight is 398 g/mol. The lowest BCUT2D eigenvalue weighted by atomic mass is 10.1. The van der Waals surface area contributed by atoms with Gasteiger partial charge in [-0.25, -0.2) is 14.4 Å². The third kappa shape index (κ3) is 4.50. The predicted octanol–water partition coefficient (Wildman–Crippen LogP) is 5.21. The molecule has 1 amide bonds. The van der Waals surface area contributed by atoms with Gasteiger partial charge in [0.05, 0.1) is 17.8 Å². The highest BCUT2D eigenvalue weighted by Gasteiger charge is 2.19. The monoisotopic (exact) mass is 398 g/mol. The number of carbonyl (C=O) groups excluding carboxylic acids is 1. The van der Waals surface area contributed by atoms with Gasteiger partial charge in [-0.05, 0) is 29.8 Å². The number of anilines is 3. The summed E-state index contributed by atoms with van der Waals surface area (Å²) in [6.45, 7) is 0.416. The smallest absolute Gasteiger partial charge is 0.261 e. The topological polar surface area (TPSA) is 58.1 Å². The van der Waals surface area contributed by atoms with Crippen LogP contribution in [0.3, 0.4) is 0 Å². The molecule has 0 radical (unpaired) electrons. The van der Waals surface area contributed by atoms with Crippen LogP contribution in [0.1, 0.15) is 15.9 Å². The second-order valence-electron chi connectivity index (χ2n) is 6.61. The molecule has 30 heavy (non-hydrogen) atoms. The molecule has 1 heterocycles. The number of para-hydroxylation sites is 2. The van der Waals surface area contributed by atoms with Crippen molar-refractivity contribution in [3.63, 3.8) is 0 Å². The van der Waals surface area contributed by atoms with E-state index in [0.29, 0.717) is 12.1 Å². The molecule has 0 aliphatic heterocycles. The van der Waals surface area contributed by atoms with Crippen LogP contribution in [0.15, 0.2) is 97.3 Å². The Morgan fingerprint density at radius 1 is 0.833 bits per heavy atom. The number of amides is 1. The quantitative estimate of drug-likeness (QED) is 0.485. The van der Waals surface area contributed by atoms with Gasteiger partial charge in [0.15, 0.2) is 0 Å². The summed E-state index contributed by atoms with van der Waals surface area (Å²) in [5.74, 6) is -0.409. The molecule has 4 aromatic rings. The second kappa shape index (κ2) is 8.96. The minimum atomic E-state index is -0.403. The zero-order chi connectivity index (χ0) is 20.8. The molecule has 0 bridgehead atoms. The van der Waals surface area contributed by atoms with Crippen molar-refractivity contribution in [2.45, 2.75) is 6.54 Å². The molecule has 6 heteroatoms. The van der Waals surface area contributed by atoms with E-state index in [2.05, 4.69) is 15.3 Å². The Balaban J connectivity index is 1.57. The Labute approximate surface area is 173 Å². The highest BCUT2D eigenvalue weighted by molar-refractivity contribution is 6.05. The van der Waals surface area contributed by atoms with E-state index in [0.717, 1.165) is 11.3 Å². The largest absolute Gasteiger partial charge is 0.322 e. The van der Waals surface area contributed by atoms with Gasteiger partial charge in [-0.15, -0.1) is 0 Å². The summed E-state index contributed by atoms with van der Waals surface area (Å²) >= 11 is 0. The highest BCUT2D eigenvalue weighted by Crippen LogP contribution is 2.21. The molecule has 0 fully saturated rings. The predicted molar refractivity (Wildman–Crippen MR) is 115 cm³/mol. The van der Waals surface area contributed by atoms with E-state index in [1.165, 1.54) is 18.5 Å². The van der Waals surface area contributed by atoms with Crippen molar-refractivity contribution in [2.24, 2.45) is 0 Å². The summed E-state index contributed by atoms with van der Waals surface area (Å²) in [7, 11) is 0. The van der Waals surface area contributed by atoms with E-state index in [1.807, 2.05) is 60.7 Å². The molecule has 0 aliphatic carbocycles. The van der Waals surface area contributed by atoms with Crippen LogP contribution in [0.4, 0.5) is 21.7 Å². The van der Waals surface area contributed by atoms with Gasteiger partial charge < -0.3 is 10.2 Å². The lowest BCUT2D eigenvalue weighted by Gasteiger charge is -2.23. The second-order valence-corrected chi connectivity index (χ2v) is 6.61. The van der Waals surface area contributed by atoms with Gasteiger partial charge in [-0.1, -0.05) is 60.7 Å². The van der Waals surface area contributed by atoms with Gasteiger partial charge in [0.25, 0.3) is 5.91 Å². The molecule has 148 valence electrons. The molecule has 0 saturated carbocycles. The Bertz CT molecular complexity index is 1120. The number of carbonyl (C=O) groups is 1. The number of nitrogens with zero attached hydrogens (tertiary/aromatic N) is 3.